The van der Waals surface area contributed by atoms with Gasteiger partial charge in [-0.2, -0.15) is 0 Å². The molecular weight excluding hydrogens is 240 g/mol. The predicted molar refractivity (Wildman–Crippen MR) is 71.5 cm³/mol. The van der Waals surface area contributed by atoms with E-state index in [2.05, 4.69) is 0 Å². The molecule has 1 aromatic rings. The molecule has 0 unspecified atom stereocenters. The van der Waals surface area contributed by atoms with Crippen molar-refractivity contribution in [2.24, 2.45) is 0 Å². The van der Waals surface area contributed by atoms with E-state index in [0.717, 1.165) is 12.8 Å². The normalized spacial score (nSPS) is 19.8. The van der Waals surface area contributed by atoms with Gasteiger partial charge in [0, 0.05) is 11.1 Å². The van der Waals surface area contributed by atoms with Crippen LogP contribution in [0.25, 0.3) is 5.57 Å². The Morgan fingerprint density at radius 2 is 1.47 bits per heavy atom. The number of hydrogen-bond donors (Lipinski definition) is 1. The fraction of sp³-hybridized carbons (Fsp3) is 0.250. The summed E-state index contributed by atoms with van der Waals surface area (Å²) >= 11 is 0. The third-order valence-corrected chi connectivity index (χ3v) is 3.76. The molecule has 0 aromatic heterocycles. The van der Waals surface area contributed by atoms with Gasteiger partial charge in [0.1, 0.15) is 5.76 Å². The summed E-state index contributed by atoms with van der Waals surface area (Å²) in [5, 5.41) is 10.4. The Labute approximate surface area is 111 Å². The number of aliphatic hydroxyl groups is 1. The summed E-state index contributed by atoms with van der Waals surface area (Å²) in [4.78, 5) is 24.3. The molecular formula is C16H14O3. The smallest absolute Gasteiger partial charge is 0.237 e. The molecule has 0 saturated heterocycles. The SMILES string of the molecule is O=C1C(=O)C(c2ccccc2)=C(O)C2=C1CCCC2. The van der Waals surface area contributed by atoms with Crippen molar-refractivity contribution in [1.82, 2.24) is 0 Å². The summed E-state index contributed by atoms with van der Waals surface area (Å²) in [6, 6.07) is 8.90. The van der Waals surface area contributed by atoms with Crippen molar-refractivity contribution in [2.75, 3.05) is 0 Å². The van der Waals surface area contributed by atoms with Crippen molar-refractivity contribution in [3.63, 3.8) is 0 Å². The van der Waals surface area contributed by atoms with Gasteiger partial charge in [0.2, 0.25) is 11.6 Å². The number of rotatable bonds is 1. The molecule has 0 radical (unpaired) electrons. The molecule has 1 aromatic carbocycles. The summed E-state index contributed by atoms with van der Waals surface area (Å²) in [5.74, 6) is -1.01. The molecule has 1 N–H and O–H groups in total. The number of carbonyl (C=O) groups excluding carboxylic acids is 2. The van der Waals surface area contributed by atoms with E-state index in [4.69, 9.17) is 0 Å². The van der Waals surface area contributed by atoms with Crippen molar-refractivity contribution in [3.05, 3.63) is 52.8 Å². The second-order valence-electron chi connectivity index (χ2n) is 4.91. The van der Waals surface area contributed by atoms with E-state index < -0.39 is 11.6 Å². The molecule has 0 spiro atoms. The molecule has 3 rings (SSSR count). The maximum atomic E-state index is 12.2. The Balaban J connectivity index is 2.20. The van der Waals surface area contributed by atoms with Crippen molar-refractivity contribution < 1.29 is 14.7 Å². The predicted octanol–water partition coefficient (Wildman–Crippen LogP) is 2.98. The number of allylic oxidation sites excluding steroid dienone is 3. The largest absolute Gasteiger partial charge is 0.507 e. The lowest BCUT2D eigenvalue weighted by atomic mass is 9.79. The van der Waals surface area contributed by atoms with Gasteiger partial charge in [-0.3, -0.25) is 9.59 Å². The minimum atomic E-state index is -0.579. The first-order valence-electron chi connectivity index (χ1n) is 6.50. The highest BCUT2D eigenvalue weighted by Crippen LogP contribution is 2.37. The monoisotopic (exact) mass is 254 g/mol. The van der Waals surface area contributed by atoms with Crippen molar-refractivity contribution in [2.45, 2.75) is 25.7 Å². The highest BCUT2D eigenvalue weighted by Gasteiger charge is 2.36. The van der Waals surface area contributed by atoms with Crippen LogP contribution in [0.5, 0.6) is 0 Å². The highest BCUT2D eigenvalue weighted by atomic mass is 16.3. The van der Waals surface area contributed by atoms with Crippen LogP contribution in [0.2, 0.25) is 0 Å². The Morgan fingerprint density at radius 1 is 0.842 bits per heavy atom. The third kappa shape index (κ3) is 1.82. The lowest BCUT2D eigenvalue weighted by Gasteiger charge is -2.24. The van der Waals surface area contributed by atoms with Crippen molar-refractivity contribution in [1.29, 1.82) is 0 Å². The number of aliphatic hydroxyl groups excluding tert-OH is 1. The Morgan fingerprint density at radius 3 is 2.16 bits per heavy atom. The molecule has 0 heterocycles. The number of ketones is 2. The molecule has 0 aliphatic heterocycles. The van der Waals surface area contributed by atoms with Crippen LogP contribution in [0.1, 0.15) is 31.2 Å². The van der Waals surface area contributed by atoms with Gasteiger partial charge in [-0.05, 0) is 31.2 Å². The summed E-state index contributed by atoms with van der Waals surface area (Å²) in [6.45, 7) is 0. The van der Waals surface area contributed by atoms with Gasteiger partial charge in [-0.15, -0.1) is 0 Å². The van der Waals surface area contributed by atoms with E-state index in [1.165, 1.54) is 0 Å². The van der Waals surface area contributed by atoms with Gasteiger partial charge in [-0.1, -0.05) is 30.3 Å². The lowest BCUT2D eigenvalue weighted by Crippen LogP contribution is -2.27. The van der Waals surface area contributed by atoms with Gasteiger partial charge < -0.3 is 5.11 Å². The summed E-state index contributed by atoms with van der Waals surface area (Å²) in [5.41, 5.74) is 1.96. The van der Waals surface area contributed by atoms with Crippen LogP contribution in [0.3, 0.4) is 0 Å². The van der Waals surface area contributed by atoms with Gasteiger partial charge in [-0.25, -0.2) is 0 Å². The molecule has 3 heteroatoms. The van der Waals surface area contributed by atoms with Crippen LogP contribution in [0.4, 0.5) is 0 Å². The zero-order chi connectivity index (χ0) is 13.4. The maximum absolute atomic E-state index is 12.2. The standard InChI is InChI=1S/C16H14O3/c17-14-11-8-4-5-9-12(11)15(18)16(19)13(14)10-6-2-1-3-7-10/h1-3,6-7,17H,4-5,8-9H2. The molecule has 0 amide bonds. The number of benzene rings is 1. The molecule has 2 aliphatic carbocycles. The zero-order valence-corrected chi connectivity index (χ0v) is 10.5. The fourth-order valence-electron chi connectivity index (χ4n) is 2.80. The van der Waals surface area contributed by atoms with Crippen LogP contribution in [-0.2, 0) is 9.59 Å². The Kier molecular flexibility index (Phi) is 2.82. The molecule has 3 nitrogen and oxygen atoms in total. The fourth-order valence-corrected chi connectivity index (χ4v) is 2.80. The van der Waals surface area contributed by atoms with Crippen LogP contribution in [0, 0.1) is 0 Å². The summed E-state index contributed by atoms with van der Waals surface area (Å²) < 4.78 is 0. The average molecular weight is 254 g/mol. The number of Topliss-reactive ketones (excluding diaryl/α,β-unsaturated/α-hetero) is 2. The highest BCUT2D eigenvalue weighted by molar-refractivity contribution is 6.59. The van der Waals surface area contributed by atoms with Crippen LogP contribution in [-0.4, -0.2) is 16.7 Å². The topological polar surface area (TPSA) is 54.4 Å². The van der Waals surface area contributed by atoms with Gasteiger partial charge >= 0.3 is 0 Å². The zero-order valence-electron chi connectivity index (χ0n) is 10.5. The average Bonchev–Trinajstić information content (AvgIpc) is 2.46. The summed E-state index contributed by atoms with van der Waals surface area (Å²) in [6.07, 6.45) is 3.14. The third-order valence-electron chi connectivity index (χ3n) is 3.76. The van der Waals surface area contributed by atoms with E-state index in [0.29, 0.717) is 29.6 Å². The van der Waals surface area contributed by atoms with E-state index in [-0.39, 0.29) is 11.3 Å². The van der Waals surface area contributed by atoms with Gasteiger partial charge in [0.25, 0.3) is 0 Å². The number of carbonyl (C=O) groups is 2. The van der Waals surface area contributed by atoms with Crippen LogP contribution >= 0.6 is 0 Å². The quantitative estimate of drug-likeness (QED) is 0.619. The molecule has 0 saturated carbocycles. The molecule has 2 aliphatic rings. The molecule has 19 heavy (non-hydrogen) atoms. The Hall–Kier alpha value is -2.16. The first kappa shape index (κ1) is 11.9. The second kappa shape index (κ2) is 4.50. The van der Waals surface area contributed by atoms with E-state index in [1.54, 1.807) is 24.3 Å². The summed E-state index contributed by atoms with van der Waals surface area (Å²) in [7, 11) is 0. The molecule has 0 fully saturated rings. The van der Waals surface area contributed by atoms with E-state index in [1.807, 2.05) is 6.07 Å². The lowest BCUT2D eigenvalue weighted by molar-refractivity contribution is -0.131. The second-order valence-corrected chi connectivity index (χ2v) is 4.91. The first-order chi connectivity index (χ1) is 9.20. The van der Waals surface area contributed by atoms with Crippen LogP contribution < -0.4 is 0 Å². The molecule has 0 bridgehead atoms. The van der Waals surface area contributed by atoms with Crippen molar-refractivity contribution >= 4 is 17.1 Å². The van der Waals surface area contributed by atoms with Crippen LogP contribution in [0.15, 0.2) is 47.2 Å². The maximum Gasteiger partial charge on any atom is 0.237 e. The van der Waals surface area contributed by atoms with Crippen molar-refractivity contribution in [3.8, 4) is 0 Å². The molecule has 96 valence electrons. The first-order valence-corrected chi connectivity index (χ1v) is 6.50. The molecule has 0 atom stereocenters. The van der Waals surface area contributed by atoms with E-state index in [9.17, 15) is 14.7 Å². The van der Waals surface area contributed by atoms with E-state index >= 15 is 0 Å². The Bertz CT molecular complexity index is 621. The minimum Gasteiger partial charge on any atom is -0.507 e. The minimum absolute atomic E-state index is 0.00509. The van der Waals surface area contributed by atoms with Gasteiger partial charge in [0.05, 0.1) is 5.57 Å². The van der Waals surface area contributed by atoms with Gasteiger partial charge in [0.15, 0.2) is 0 Å². The number of hydrogen-bond acceptors (Lipinski definition) is 3.